The Bertz CT molecular complexity index is 253. The zero-order chi connectivity index (χ0) is 11.8. The van der Waals surface area contributed by atoms with Gasteiger partial charge in [-0.15, -0.1) is 0 Å². The van der Waals surface area contributed by atoms with Gasteiger partial charge in [0.05, 0.1) is 12.6 Å². The molecule has 1 aliphatic rings. The Balaban J connectivity index is 2.07. The molecule has 16 heavy (non-hydrogen) atoms. The first-order chi connectivity index (χ1) is 7.72. The Morgan fingerprint density at radius 3 is 2.81 bits per heavy atom. The molecule has 1 rings (SSSR count). The molecule has 0 spiro atoms. The zero-order valence-corrected chi connectivity index (χ0v) is 9.61. The van der Waals surface area contributed by atoms with Gasteiger partial charge in [-0.25, -0.2) is 0 Å². The highest BCUT2D eigenvalue weighted by Crippen LogP contribution is 2.07. The number of amides is 1. The summed E-state index contributed by atoms with van der Waals surface area (Å²) in [6, 6.07) is 2.35. The van der Waals surface area contributed by atoms with Crippen molar-refractivity contribution in [2.24, 2.45) is 5.73 Å². The molecule has 0 atom stereocenters. The van der Waals surface area contributed by atoms with Crippen molar-refractivity contribution >= 4 is 5.91 Å². The van der Waals surface area contributed by atoms with Gasteiger partial charge in [0.15, 0.2) is 0 Å². The van der Waals surface area contributed by atoms with Crippen LogP contribution in [-0.2, 0) is 4.79 Å². The molecule has 0 saturated carbocycles. The summed E-state index contributed by atoms with van der Waals surface area (Å²) in [5, 5.41) is 11.1. The lowest BCUT2D eigenvalue weighted by Gasteiger charge is -2.29. The lowest BCUT2D eigenvalue weighted by Crippen LogP contribution is -2.44. The van der Waals surface area contributed by atoms with Crippen molar-refractivity contribution in [3.63, 3.8) is 0 Å². The van der Waals surface area contributed by atoms with E-state index in [1.54, 1.807) is 0 Å². The lowest BCUT2D eigenvalue weighted by atomic mass is 10.1. The van der Waals surface area contributed by atoms with Gasteiger partial charge in [-0.2, -0.15) is 5.26 Å². The van der Waals surface area contributed by atoms with E-state index in [9.17, 15) is 4.79 Å². The number of nitriles is 1. The highest BCUT2D eigenvalue weighted by Gasteiger charge is 2.17. The third kappa shape index (κ3) is 5.10. The van der Waals surface area contributed by atoms with Crippen LogP contribution in [0.25, 0.3) is 0 Å². The van der Waals surface area contributed by atoms with E-state index >= 15 is 0 Å². The number of hydrogen-bond acceptors (Lipinski definition) is 4. The summed E-state index contributed by atoms with van der Waals surface area (Å²) in [6.45, 7) is 2.87. The SMILES string of the molecule is N#CCCCNC(=O)CN1CCC(N)CC1. The van der Waals surface area contributed by atoms with Crippen molar-refractivity contribution in [2.45, 2.75) is 31.7 Å². The molecule has 1 heterocycles. The Labute approximate surface area is 96.6 Å². The molecule has 1 amide bonds. The normalized spacial score (nSPS) is 18.0. The van der Waals surface area contributed by atoms with Crippen molar-refractivity contribution in [2.75, 3.05) is 26.2 Å². The number of unbranched alkanes of at least 4 members (excludes halogenated alkanes) is 1. The van der Waals surface area contributed by atoms with Crippen molar-refractivity contribution in [1.29, 1.82) is 5.26 Å². The minimum atomic E-state index is 0.0495. The quantitative estimate of drug-likeness (QED) is 0.635. The van der Waals surface area contributed by atoms with Gasteiger partial charge < -0.3 is 11.1 Å². The predicted molar refractivity (Wildman–Crippen MR) is 61.5 cm³/mol. The summed E-state index contributed by atoms with van der Waals surface area (Å²) < 4.78 is 0. The van der Waals surface area contributed by atoms with Gasteiger partial charge in [-0.1, -0.05) is 0 Å². The van der Waals surface area contributed by atoms with E-state index in [-0.39, 0.29) is 5.91 Å². The zero-order valence-electron chi connectivity index (χ0n) is 9.61. The van der Waals surface area contributed by atoms with E-state index in [0.29, 0.717) is 25.6 Å². The van der Waals surface area contributed by atoms with Gasteiger partial charge in [0, 0.05) is 32.1 Å². The van der Waals surface area contributed by atoms with Crippen LogP contribution >= 0.6 is 0 Å². The largest absolute Gasteiger partial charge is 0.355 e. The Kier molecular flexibility index (Phi) is 5.83. The molecule has 90 valence electrons. The molecule has 1 aliphatic heterocycles. The van der Waals surface area contributed by atoms with E-state index in [1.165, 1.54) is 0 Å². The number of likely N-dealkylation sites (tertiary alicyclic amines) is 1. The van der Waals surface area contributed by atoms with E-state index in [2.05, 4.69) is 16.3 Å². The molecule has 3 N–H and O–H groups in total. The number of nitrogens with one attached hydrogen (secondary N) is 1. The fraction of sp³-hybridized carbons (Fsp3) is 0.818. The number of piperidine rings is 1. The summed E-state index contributed by atoms with van der Waals surface area (Å²) in [5.74, 6) is 0.0495. The monoisotopic (exact) mass is 224 g/mol. The fourth-order valence-corrected chi connectivity index (χ4v) is 1.77. The third-order valence-electron chi connectivity index (χ3n) is 2.79. The molecule has 0 aromatic carbocycles. The molecule has 0 aliphatic carbocycles. The van der Waals surface area contributed by atoms with Crippen molar-refractivity contribution in [3.8, 4) is 6.07 Å². The molecule has 0 radical (unpaired) electrons. The second-order valence-corrected chi connectivity index (χ2v) is 4.23. The maximum atomic E-state index is 11.5. The molecule has 0 unspecified atom stereocenters. The highest BCUT2D eigenvalue weighted by molar-refractivity contribution is 5.77. The highest BCUT2D eigenvalue weighted by atomic mass is 16.2. The Morgan fingerprint density at radius 1 is 1.50 bits per heavy atom. The van der Waals surface area contributed by atoms with Gasteiger partial charge in [0.2, 0.25) is 5.91 Å². The topological polar surface area (TPSA) is 82.2 Å². The lowest BCUT2D eigenvalue weighted by molar-refractivity contribution is -0.122. The third-order valence-corrected chi connectivity index (χ3v) is 2.79. The number of hydrogen-bond donors (Lipinski definition) is 2. The second-order valence-electron chi connectivity index (χ2n) is 4.23. The van der Waals surface area contributed by atoms with Crippen molar-refractivity contribution in [3.05, 3.63) is 0 Å². The van der Waals surface area contributed by atoms with Crippen LogP contribution < -0.4 is 11.1 Å². The molecule has 0 aromatic rings. The number of nitrogens with zero attached hydrogens (tertiary/aromatic N) is 2. The molecule has 1 saturated heterocycles. The van der Waals surface area contributed by atoms with Gasteiger partial charge in [0.1, 0.15) is 0 Å². The first kappa shape index (κ1) is 12.9. The first-order valence-electron chi connectivity index (χ1n) is 5.84. The van der Waals surface area contributed by atoms with Crippen LogP contribution in [0, 0.1) is 11.3 Å². The molecular formula is C11H20N4O. The average molecular weight is 224 g/mol. The summed E-state index contributed by atoms with van der Waals surface area (Å²) >= 11 is 0. The van der Waals surface area contributed by atoms with Crippen LogP contribution in [0.2, 0.25) is 0 Å². The smallest absolute Gasteiger partial charge is 0.234 e. The van der Waals surface area contributed by atoms with E-state index < -0.39 is 0 Å². The van der Waals surface area contributed by atoms with Gasteiger partial charge >= 0.3 is 0 Å². The number of nitrogens with two attached hydrogens (primary N) is 1. The van der Waals surface area contributed by atoms with Crippen LogP contribution in [0.5, 0.6) is 0 Å². The number of carbonyl (C=O) groups excluding carboxylic acids is 1. The van der Waals surface area contributed by atoms with Crippen LogP contribution in [0.15, 0.2) is 0 Å². The Hall–Kier alpha value is -1.12. The first-order valence-corrected chi connectivity index (χ1v) is 5.84. The molecule has 5 heteroatoms. The second kappa shape index (κ2) is 7.20. The van der Waals surface area contributed by atoms with Crippen molar-refractivity contribution in [1.82, 2.24) is 10.2 Å². The molecule has 0 bridgehead atoms. The van der Waals surface area contributed by atoms with Gasteiger partial charge in [0.25, 0.3) is 0 Å². The van der Waals surface area contributed by atoms with E-state index in [4.69, 9.17) is 11.0 Å². The Morgan fingerprint density at radius 2 is 2.19 bits per heavy atom. The average Bonchev–Trinajstić information content (AvgIpc) is 2.28. The number of carbonyl (C=O) groups is 1. The standard InChI is InChI=1S/C11H20N4O/c12-5-1-2-6-14-11(16)9-15-7-3-10(13)4-8-15/h10H,1-4,6-9,13H2,(H,14,16). The summed E-state index contributed by atoms with van der Waals surface area (Å²) in [6.07, 6.45) is 3.18. The van der Waals surface area contributed by atoms with Crippen LogP contribution in [0.3, 0.4) is 0 Å². The van der Waals surface area contributed by atoms with Crippen LogP contribution in [0.1, 0.15) is 25.7 Å². The predicted octanol–water partition coefficient (Wildman–Crippen LogP) is -0.171. The molecule has 0 aromatic heterocycles. The minimum absolute atomic E-state index is 0.0495. The molecule has 1 fully saturated rings. The van der Waals surface area contributed by atoms with E-state index in [0.717, 1.165) is 32.4 Å². The summed E-state index contributed by atoms with van der Waals surface area (Å²) in [7, 11) is 0. The van der Waals surface area contributed by atoms with Crippen LogP contribution in [-0.4, -0.2) is 43.0 Å². The van der Waals surface area contributed by atoms with Crippen LogP contribution in [0.4, 0.5) is 0 Å². The number of rotatable bonds is 5. The minimum Gasteiger partial charge on any atom is -0.355 e. The van der Waals surface area contributed by atoms with E-state index in [1.807, 2.05) is 0 Å². The maximum Gasteiger partial charge on any atom is 0.234 e. The maximum absolute atomic E-state index is 11.5. The summed E-state index contributed by atoms with van der Waals surface area (Å²) in [4.78, 5) is 13.6. The molecule has 5 nitrogen and oxygen atoms in total. The summed E-state index contributed by atoms with van der Waals surface area (Å²) in [5.41, 5.74) is 5.78. The molecular weight excluding hydrogens is 204 g/mol. The van der Waals surface area contributed by atoms with Gasteiger partial charge in [-0.05, 0) is 19.3 Å². The van der Waals surface area contributed by atoms with Gasteiger partial charge in [-0.3, -0.25) is 9.69 Å². The fourth-order valence-electron chi connectivity index (χ4n) is 1.77. The van der Waals surface area contributed by atoms with Crippen molar-refractivity contribution < 1.29 is 4.79 Å².